The maximum absolute atomic E-state index is 10.9. The number of nitro benzene ring substituents is 1. The van der Waals surface area contributed by atoms with Crippen LogP contribution >= 0.6 is 0 Å². The van der Waals surface area contributed by atoms with E-state index in [-0.39, 0.29) is 5.69 Å². The van der Waals surface area contributed by atoms with Crippen LogP contribution in [0.2, 0.25) is 0 Å². The van der Waals surface area contributed by atoms with Crippen LogP contribution in [0.25, 0.3) is 0 Å². The van der Waals surface area contributed by atoms with Crippen molar-refractivity contribution in [2.45, 2.75) is 6.92 Å². The van der Waals surface area contributed by atoms with Gasteiger partial charge in [0.25, 0.3) is 5.69 Å². The van der Waals surface area contributed by atoms with E-state index in [4.69, 9.17) is 0 Å². The number of hydrogen-bond acceptors (Lipinski definition) is 4. The average molecular weight is 229 g/mol. The van der Waals surface area contributed by atoms with Gasteiger partial charge < -0.3 is 5.32 Å². The minimum Gasteiger partial charge on any atom is -0.334 e. The van der Waals surface area contributed by atoms with Crippen molar-refractivity contribution in [3.8, 4) is 0 Å². The lowest BCUT2D eigenvalue weighted by molar-refractivity contribution is -0.384. The molecule has 5 nitrogen and oxygen atoms in total. The Kier molecular flexibility index (Phi) is 3.00. The molecule has 0 radical (unpaired) electrons. The molecule has 0 amide bonds. The Morgan fingerprint density at radius 1 is 1.24 bits per heavy atom. The van der Waals surface area contributed by atoms with E-state index < -0.39 is 4.92 Å². The molecule has 86 valence electrons. The Balaban J connectivity index is 2.41. The lowest BCUT2D eigenvalue weighted by atomic mass is 10.1. The molecule has 1 N–H and O–H groups in total. The third-order valence-electron chi connectivity index (χ3n) is 2.37. The zero-order valence-corrected chi connectivity index (χ0v) is 9.25. The number of aryl methyl sites for hydroxylation is 1. The minimum absolute atomic E-state index is 0.0515. The van der Waals surface area contributed by atoms with Crippen LogP contribution in [0, 0.1) is 17.0 Å². The summed E-state index contributed by atoms with van der Waals surface area (Å²) in [5.74, 6) is 0.588. The predicted molar refractivity (Wildman–Crippen MR) is 65.4 cm³/mol. The Morgan fingerprint density at radius 2 is 2.06 bits per heavy atom. The van der Waals surface area contributed by atoms with E-state index >= 15 is 0 Å². The molecule has 0 fully saturated rings. The molecule has 2 rings (SSSR count). The highest BCUT2D eigenvalue weighted by Gasteiger charge is 2.15. The second kappa shape index (κ2) is 4.61. The maximum Gasteiger partial charge on any atom is 0.292 e. The summed E-state index contributed by atoms with van der Waals surface area (Å²) in [5.41, 5.74) is 1.34. The van der Waals surface area contributed by atoms with Crippen LogP contribution in [0.15, 0.2) is 42.6 Å². The highest BCUT2D eigenvalue weighted by Crippen LogP contribution is 2.29. The van der Waals surface area contributed by atoms with Gasteiger partial charge in [-0.1, -0.05) is 18.2 Å². The molecule has 5 heteroatoms. The van der Waals surface area contributed by atoms with Crippen LogP contribution in [-0.2, 0) is 0 Å². The molecular weight excluding hydrogens is 218 g/mol. The van der Waals surface area contributed by atoms with Crippen LogP contribution in [0.5, 0.6) is 0 Å². The van der Waals surface area contributed by atoms with Gasteiger partial charge in [0.05, 0.1) is 4.92 Å². The molecule has 0 unspecified atom stereocenters. The lowest BCUT2D eigenvalue weighted by Gasteiger charge is -2.08. The number of pyridine rings is 1. The Labute approximate surface area is 98.3 Å². The van der Waals surface area contributed by atoms with Gasteiger partial charge in [0.2, 0.25) is 0 Å². The average Bonchev–Trinajstić information content (AvgIpc) is 2.33. The monoisotopic (exact) mass is 229 g/mol. The number of nitrogens with zero attached hydrogens (tertiary/aromatic N) is 2. The number of rotatable bonds is 3. The SMILES string of the molecule is Cc1cccc([N+](=O)[O-])c1Nc1ccccn1. The van der Waals surface area contributed by atoms with Gasteiger partial charge in [-0.15, -0.1) is 0 Å². The van der Waals surface area contributed by atoms with Crippen LogP contribution in [0.3, 0.4) is 0 Å². The van der Waals surface area contributed by atoms with Gasteiger partial charge in [0, 0.05) is 12.3 Å². The van der Waals surface area contributed by atoms with E-state index in [2.05, 4.69) is 10.3 Å². The summed E-state index contributed by atoms with van der Waals surface area (Å²) in [5, 5.41) is 13.9. The molecular formula is C12H11N3O2. The number of benzene rings is 1. The first kappa shape index (κ1) is 11.1. The molecule has 0 aliphatic heterocycles. The highest BCUT2D eigenvalue weighted by molar-refractivity contribution is 5.71. The Morgan fingerprint density at radius 3 is 2.71 bits per heavy atom. The van der Waals surface area contributed by atoms with E-state index in [0.717, 1.165) is 5.56 Å². The molecule has 0 spiro atoms. The van der Waals surface area contributed by atoms with Crippen molar-refractivity contribution >= 4 is 17.2 Å². The molecule has 0 aliphatic carbocycles. The van der Waals surface area contributed by atoms with Crippen LogP contribution in [0.1, 0.15) is 5.56 Å². The quantitative estimate of drug-likeness (QED) is 0.648. The smallest absolute Gasteiger partial charge is 0.292 e. The van der Waals surface area contributed by atoms with Crippen LogP contribution in [-0.4, -0.2) is 9.91 Å². The zero-order chi connectivity index (χ0) is 12.3. The van der Waals surface area contributed by atoms with E-state index in [1.807, 2.05) is 19.1 Å². The van der Waals surface area contributed by atoms with E-state index in [9.17, 15) is 10.1 Å². The number of anilines is 2. The van der Waals surface area contributed by atoms with Crippen molar-refractivity contribution in [3.05, 3.63) is 58.3 Å². The normalized spacial score (nSPS) is 9.94. The van der Waals surface area contributed by atoms with Crippen molar-refractivity contribution in [2.24, 2.45) is 0 Å². The summed E-state index contributed by atoms with van der Waals surface area (Å²) < 4.78 is 0. The van der Waals surface area contributed by atoms with Gasteiger partial charge in [-0.25, -0.2) is 4.98 Å². The highest BCUT2D eigenvalue weighted by atomic mass is 16.6. The third-order valence-corrected chi connectivity index (χ3v) is 2.37. The van der Waals surface area contributed by atoms with Crippen molar-refractivity contribution in [3.63, 3.8) is 0 Å². The van der Waals surface area contributed by atoms with Gasteiger partial charge in [0.1, 0.15) is 11.5 Å². The van der Waals surface area contributed by atoms with E-state index in [1.165, 1.54) is 6.07 Å². The van der Waals surface area contributed by atoms with Crippen LogP contribution < -0.4 is 5.32 Å². The van der Waals surface area contributed by atoms with Gasteiger partial charge >= 0.3 is 0 Å². The van der Waals surface area contributed by atoms with Gasteiger partial charge in [0.15, 0.2) is 0 Å². The first-order chi connectivity index (χ1) is 8.18. The summed E-state index contributed by atoms with van der Waals surface area (Å²) in [6, 6.07) is 10.3. The molecule has 0 saturated carbocycles. The zero-order valence-electron chi connectivity index (χ0n) is 9.25. The van der Waals surface area contributed by atoms with Crippen molar-refractivity contribution in [1.82, 2.24) is 4.98 Å². The molecule has 1 aromatic carbocycles. The number of nitro groups is 1. The molecule has 1 aromatic heterocycles. The predicted octanol–water partition coefficient (Wildman–Crippen LogP) is 3.04. The number of hydrogen-bond donors (Lipinski definition) is 1. The molecule has 17 heavy (non-hydrogen) atoms. The molecule has 0 atom stereocenters. The summed E-state index contributed by atoms with van der Waals surface area (Å²) in [7, 11) is 0. The Hall–Kier alpha value is -2.43. The fourth-order valence-corrected chi connectivity index (χ4v) is 1.53. The largest absolute Gasteiger partial charge is 0.334 e. The molecule has 2 aromatic rings. The minimum atomic E-state index is -0.404. The molecule has 0 aliphatic rings. The fraction of sp³-hybridized carbons (Fsp3) is 0.0833. The van der Waals surface area contributed by atoms with E-state index in [1.54, 1.807) is 24.4 Å². The maximum atomic E-state index is 10.9. The van der Waals surface area contributed by atoms with Gasteiger partial charge in [-0.2, -0.15) is 0 Å². The Bertz CT molecular complexity index is 541. The second-order valence-corrected chi connectivity index (χ2v) is 3.57. The first-order valence-electron chi connectivity index (χ1n) is 5.10. The molecule has 0 saturated heterocycles. The van der Waals surface area contributed by atoms with Gasteiger partial charge in [-0.3, -0.25) is 10.1 Å². The summed E-state index contributed by atoms with van der Waals surface area (Å²) in [6.45, 7) is 1.82. The van der Waals surface area contributed by atoms with Crippen molar-refractivity contribution in [2.75, 3.05) is 5.32 Å². The third kappa shape index (κ3) is 2.39. The number of aromatic nitrogens is 1. The van der Waals surface area contributed by atoms with Gasteiger partial charge in [-0.05, 0) is 24.6 Å². The van der Waals surface area contributed by atoms with Crippen molar-refractivity contribution in [1.29, 1.82) is 0 Å². The molecule has 0 bridgehead atoms. The molecule has 1 heterocycles. The van der Waals surface area contributed by atoms with Crippen molar-refractivity contribution < 1.29 is 4.92 Å². The lowest BCUT2D eigenvalue weighted by Crippen LogP contribution is -2.00. The fourth-order valence-electron chi connectivity index (χ4n) is 1.53. The number of para-hydroxylation sites is 1. The number of nitrogens with one attached hydrogen (secondary N) is 1. The topological polar surface area (TPSA) is 68.1 Å². The van der Waals surface area contributed by atoms with Crippen LogP contribution in [0.4, 0.5) is 17.2 Å². The summed E-state index contributed by atoms with van der Waals surface area (Å²) in [6.07, 6.45) is 1.63. The standard InChI is InChI=1S/C12H11N3O2/c1-9-5-4-6-10(15(16)17)12(9)14-11-7-2-3-8-13-11/h2-8H,1H3,(H,13,14). The summed E-state index contributed by atoms with van der Waals surface area (Å²) >= 11 is 0. The summed E-state index contributed by atoms with van der Waals surface area (Å²) in [4.78, 5) is 14.6. The second-order valence-electron chi connectivity index (χ2n) is 3.57. The first-order valence-corrected chi connectivity index (χ1v) is 5.10. The van der Waals surface area contributed by atoms with E-state index in [0.29, 0.717) is 11.5 Å².